The van der Waals surface area contributed by atoms with Gasteiger partial charge in [0.15, 0.2) is 11.5 Å². The van der Waals surface area contributed by atoms with Gasteiger partial charge in [-0.25, -0.2) is 0 Å². The number of thioether (sulfide) groups is 1. The second kappa shape index (κ2) is 7.23. The first-order valence-corrected chi connectivity index (χ1v) is 8.34. The summed E-state index contributed by atoms with van der Waals surface area (Å²) in [5, 5.41) is 21.5. The summed E-state index contributed by atoms with van der Waals surface area (Å²) in [6.07, 6.45) is 1.46. The number of carboxylic acid groups (broad SMARTS) is 1. The van der Waals surface area contributed by atoms with E-state index in [9.17, 15) is 19.8 Å². The van der Waals surface area contributed by atoms with E-state index >= 15 is 0 Å². The molecular formula is C16H16NO5S2-. The molecule has 1 fully saturated rings. The molecule has 0 aromatic heterocycles. The molecule has 1 saturated heterocycles. The molecule has 1 N–H and O–H groups in total. The molecule has 1 aromatic rings. The number of phenolic OH excluding ortho intramolecular Hbond substituents is 1. The van der Waals surface area contributed by atoms with E-state index in [1.165, 1.54) is 13.2 Å². The van der Waals surface area contributed by atoms with Crippen LogP contribution in [-0.4, -0.2) is 39.4 Å². The fourth-order valence-corrected chi connectivity index (χ4v) is 3.68. The van der Waals surface area contributed by atoms with Crippen LogP contribution in [-0.2, 0) is 9.59 Å². The Balaban J connectivity index is 2.40. The number of nitrogens with zero attached hydrogens (tertiary/aromatic N) is 1. The molecule has 1 amide bonds. The number of hydrogen-bond donors (Lipinski definition) is 1. The van der Waals surface area contributed by atoms with Crippen molar-refractivity contribution in [3.05, 3.63) is 28.7 Å². The van der Waals surface area contributed by atoms with Crippen LogP contribution in [0.1, 0.15) is 19.4 Å². The van der Waals surface area contributed by atoms with Gasteiger partial charge in [-0.3, -0.25) is 9.69 Å². The molecule has 1 aliphatic rings. The summed E-state index contributed by atoms with van der Waals surface area (Å²) in [6.45, 7) is 3.35. The van der Waals surface area contributed by atoms with E-state index in [0.717, 1.165) is 16.7 Å². The number of thiocarbonyl (C=S) groups is 1. The number of carboxylic acids is 1. The highest BCUT2D eigenvalue weighted by molar-refractivity contribution is 8.26. The van der Waals surface area contributed by atoms with Crippen LogP contribution >= 0.6 is 24.0 Å². The molecule has 24 heavy (non-hydrogen) atoms. The zero-order valence-corrected chi connectivity index (χ0v) is 14.9. The molecule has 0 radical (unpaired) electrons. The summed E-state index contributed by atoms with van der Waals surface area (Å²) in [6, 6.07) is 3.73. The Kier molecular flexibility index (Phi) is 5.51. The number of rotatable bonds is 5. The fourth-order valence-electron chi connectivity index (χ4n) is 2.36. The van der Waals surface area contributed by atoms with Crippen molar-refractivity contribution in [2.24, 2.45) is 5.92 Å². The molecule has 0 saturated carbocycles. The predicted molar refractivity (Wildman–Crippen MR) is 93.3 cm³/mol. The van der Waals surface area contributed by atoms with Crippen molar-refractivity contribution < 1.29 is 24.5 Å². The molecule has 1 aromatic carbocycles. The summed E-state index contributed by atoms with van der Waals surface area (Å²) >= 11 is 6.14. The van der Waals surface area contributed by atoms with Gasteiger partial charge < -0.3 is 19.7 Å². The number of aliphatic carboxylic acids is 1. The van der Waals surface area contributed by atoms with Crippen molar-refractivity contribution in [2.45, 2.75) is 19.9 Å². The molecule has 2 rings (SSSR count). The second-order valence-corrected chi connectivity index (χ2v) is 7.13. The van der Waals surface area contributed by atoms with Crippen LogP contribution in [0.4, 0.5) is 0 Å². The van der Waals surface area contributed by atoms with Gasteiger partial charge in [-0.15, -0.1) is 0 Å². The van der Waals surface area contributed by atoms with Crippen LogP contribution in [0.3, 0.4) is 0 Å². The van der Waals surface area contributed by atoms with Crippen LogP contribution in [0.15, 0.2) is 23.1 Å². The molecule has 128 valence electrons. The zero-order chi connectivity index (χ0) is 18.0. The monoisotopic (exact) mass is 366 g/mol. The summed E-state index contributed by atoms with van der Waals surface area (Å²) < 4.78 is 5.18. The van der Waals surface area contributed by atoms with Crippen molar-refractivity contribution in [1.82, 2.24) is 4.90 Å². The highest BCUT2D eigenvalue weighted by Gasteiger charge is 2.39. The number of phenols is 1. The van der Waals surface area contributed by atoms with Gasteiger partial charge in [-0.2, -0.15) is 0 Å². The van der Waals surface area contributed by atoms with Crippen molar-refractivity contribution in [3.63, 3.8) is 0 Å². The molecule has 0 spiro atoms. The molecule has 8 heteroatoms. The van der Waals surface area contributed by atoms with Gasteiger partial charge in [0, 0.05) is 5.56 Å². The average Bonchev–Trinajstić information content (AvgIpc) is 2.77. The quantitative estimate of drug-likeness (QED) is 0.622. The Labute approximate surface area is 149 Å². The molecular weight excluding hydrogens is 350 g/mol. The number of carbonyl (C=O) groups excluding carboxylic acids is 2. The lowest BCUT2D eigenvalue weighted by molar-refractivity contribution is -0.311. The molecule has 1 atom stereocenters. The van der Waals surface area contributed by atoms with Crippen LogP contribution in [0, 0.1) is 5.92 Å². The summed E-state index contributed by atoms with van der Waals surface area (Å²) in [5.41, 5.74) is 0.379. The van der Waals surface area contributed by atoms with E-state index in [2.05, 4.69) is 0 Å². The lowest BCUT2D eigenvalue weighted by Gasteiger charge is -2.30. The maximum atomic E-state index is 12.6. The van der Waals surface area contributed by atoms with Crippen molar-refractivity contribution >= 4 is 46.3 Å². The lowest BCUT2D eigenvalue weighted by Crippen LogP contribution is -2.52. The largest absolute Gasteiger partial charge is 0.548 e. The minimum absolute atomic E-state index is 0.106. The van der Waals surface area contributed by atoms with E-state index in [1.807, 2.05) is 0 Å². The Hall–Kier alpha value is -2.06. The van der Waals surface area contributed by atoms with Gasteiger partial charge in [0.05, 0.1) is 24.0 Å². The first-order valence-electron chi connectivity index (χ1n) is 7.11. The topological polar surface area (TPSA) is 89.9 Å². The normalized spacial score (nSPS) is 17.7. The zero-order valence-electron chi connectivity index (χ0n) is 13.3. The Morgan fingerprint density at radius 3 is 2.67 bits per heavy atom. The Bertz CT molecular complexity index is 729. The van der Waals surface area contributed by atoms with E-state index < -0.39 is 17.9 Å². The number of hydrogen-bond acceptors (Lipinski definition) is 7. The van der Waals surface area contributed by atoms with Crippen LogP contribution in [0.5, 0.6) is 11.5 Å². The number of para-hydroxylation sites is 1. The number of amides is 1. The highest BCUT2D eigenvalue weighted by Crippen LogP contribution is 2.38. The third-order valence-corrected chi connectivity index (χ3v) is 4.84. The average molecular weight is 366 g/mol. The fraction of sp³-hybridized carbons (Fsp3) is 0.312. The maximum Gasteiger partial charge on any atom is 0.266 e. The molecule has 1 heterocycles. The molecule has 1 aliphatic heterocycles. The van der Waals surface area contributed by atoms with Crippen LogP contribution in [0.2, 0.25) is 0 Å². The standard InChI is InChI=1S/C16H17NO5S2/c1-8(2)12(15(20)21)17-14(19)11(24-16(17)23)7-9-5-4-6-10(22-3)13(9)18/h4-8,12,18H,1-3H3,(H,20,21)/p-1/b11-7+/t12-/m0/s1. The molecule has 0 unspecified atom stereocenters. The molecule has 0 bridgehead atoms. The van der Waals surface area contributed by atoms with E-state index in [-0.39, 0.29) is 26.6 Å². The third-order valence-electron chi connectivity index (χ3n) is 3.51. The maximum absolute atomic E-state index is 12.6. The number of aromatic hydroxyl groups is 1. The number of carbonyl (C=O) groups is 2. The molecule has 0 aliphatic carbocycles. The predicted octanol–water partition coefficient (Wildman–Crippen LogP) is 1.38. The summed E-state index contributed by atoms with van der Waals surface area (Å²) in [7, 11) is 1.42. The number of ether oxygens (including phenoxy) is 1. The molecule has 6 nitrogen and oxygen atoms in total. The Morgan fingerprint density at radius 1 is 1.46 bits per heavy atom. The van der Waals surface area contributed by atoms with Crippen molar-refractivity contribution in [1.29, 1.82) is 0 Å². The minimum Gasteiger partial charge on any atom is -0.548 e. The van der Waals surface area contributed by atoms with Gasteiger partial charge in [0.2, 0.25) is 0 Å². The second-order valence-electron chi connectivity index (χ2n) is 5.46. The Morgan fingerprint density at radius 2 is 2.12 bits per heavy atom. The minimum atomic E-state index is -1.35. The third kappa shape index (κ3) is 3.39. The summed E-state index contributed by atoms with van der Waals surface area (Å²) in [5.74, 6) is -2.07. The van der Waals surface area contributed by atoms with Gasteiger partial charge in [0.25, 0.3) is 5.91 Å². The van der Waals surface area contributed by atoms with Gasteiger partial charge in [-0.1, -0.05) is 50.0 Å². The first-order chi connectivity index (χ1) is 11.3. The summed E-state index contributed by atoms with van der Waals surface area (Å²) in [4.78, 5) is 25.2. The van der Waals surface area contributed by atoms with Gasteiger partial charge >= 0.3 is 0 Å². The van der Waals surface area contributed by atoms with E-state index in [4.69, 9.17) is 17.0 Å². The van der Waals surface area contributed by atoms with E-state index in [1.54, 1.807) is 32.0 Å². The van der Waals surface area contributed by atoms with E-state index in [0.29, 0.717) is 5.56 Å². The number of benzene rings is 1. The van der Waals surface area contributed by atoms with Crippen molar-refractivity contribution in [2.75, 3.05) is 7.11 Å². The number of methoxy groups -OCH3 is 1. The lowest BCUT2D eigenvalue weighted by atomic mass is 10.0. The van der Waals surface area contributed by atoms with Crippen molar-refractivity contribution in [3.8, 4) is 11.5 Å². The first kappa shape index (κ1) is 18.3. The van der Waals surface area contributed by atoms with Gasteiger partial charge in [-0.05, 0) is 18.1 Å². The van der Waals surface area contributed by atoms with Crippen LogP contribution in [0.25, 0.3) is 6.08 Å². The SMILES string of the molecule is COc1cccc(/C=C2/SC(=S)N([C@H](C(=O)[O-])C(C)C)C2=O)c1O. The van der Waals surface area contributed by atoms with Crippen LogP contribution < -0.4 is 9.84 Å². The smallest absolute Gasteiger partial charge is 0.266 e. The highest BCUT2D eigenvalue weighted by atomic mass is 32.2. The van der Waals surface area contributed by atoms with Gasteiger partial charge in [0.1, 0.15) is 4.32 Å².